The monoisotopic (exact) mass is 389 g/mol. The lowest BCUT2D eigenvalue weighted by molar-refractivity contribution is 0.313. The highest BCUT2D eigenvalue weighted by molar-refractivity contribution is 5.62. The molecule has 0 saturated carbocycles. The minimum Gasteiger partial charge on any atom is -0.369 e. The largest absolute Gasteiger partial charge is 0.369 e. The van der Waals surface area contributed by atoms with Crippen molar-refractivity contribution in [3.05, 3.63) is 66.2 Å². The highest BCUT2D eigenvalue weighted by atomic mass is 15.2. The van der Waals surface area contributed by atoms with Gasteiger partial charge in [-0.2, -0.15) is 0 Å². The molecule has 1 saturated heterocycles. The zero-order valence-corrected chi connectivity index (χ0v) is 17.0. The van der Waals surface area contributed by atoms with Crippen molar-refractivity contribution in [2.24, 2.45) is 0 Å². The fraction of sp³-hybridized carbons (Fsp3) is 0.318. The van der Waals surface area contributed by atoms with Crippen LogP contribution in [0.3, 0.4) is 0 Å². The van der Waals surface area contributed by atoms with E-state index in [1.54, 1.807) is 6.20 Å². The molecule has 7 heteroatoms. The van der Waals surface area contributed by atoms with Gasteiger partial charge >= 0.3 is 0 Å². The number of benzene rings is 1. The van der Waals surface area contributed by atoms with Gasteiger partial charge in [0, 0.05) is 62.6 Å². The topological polar surface area (TPSA) is 69.2 Å². The molecule has 150 valence electrons. The van der Waals surface area contributed by atoms with Crippen LogP contribution < -0.4 is 15.5 Å². The van der Waals surface area contributed by atoms with Crippen LogP contribution in [-0.4, -0.2) is 53.1 Å². The number of nitrogens with one attached hydrogen (secondary N) is 2. The van der Waals surface area contributed by atoms with Crippen molar-refractivity contribution in [3.8, 4) is 0 Å². The summed E-state index contributed by atoms with van der Waals surface area (Å²) in [7, 11) is 2.17. The summed E-state index contributed by atoms with van der Waals surface area (Å²) in [6.07, 6.45) is 3.62. The predicted octanol–water partition coefficient (Wildman–Crippen LogP) is 3.29. The molecule has 0 radical (unpaired) electrons. The zero-order chi connectivity index (χ0) is 20.1. The molecule has 0 unspecified atom stereocenters. The number of pyridine rings is 1. The molecule has 0 bridgehead atoms. The Kier molecular flexibility index (Phi) is 5.86. The molecule has 1 aromatic carbocycles. The van der Waals surface area contributed by atoms with Crippen LogP contribution in [0.1, 0.15) is 11.4 Å². The third-order valence-electron chi connectivity index (χ3n) is 5.04. The van der Waals surface area contributed by atoms with E-state index >= 15 is 0 Å². The summed E-state index contributed by atoms with van der Waals surface area (Å²) in [5.74, 6) is 2.29. The molecule has 4 rings (SSSR count). The molecule has 2 aromatic heterocycles. The van der Waals surface area contributed by atoms with E-state index in [1.807, 2.05) is 31.3 Å². The second kappa shape index (κ2) is 8.87. The quantitative estimate of drug-likeness (QED) is 0.670. The Morgan fingerprint density at radius 3 is 2.45 bits per heavy atom. The second-order valence-electron chi connectivity index (χ2n) is 7.36. The number of aryl methyl sites for hydroxylation is 1. The van der Waals surface area contributed by atoms with Crippen molar-refractivity contribution in [3.63, 3.8) is 0 Å². The van der Waals surface area contributed by atoms with E-state index in [1.165, 1.54) is 5.69 Å². The molecule has 3 aromatic rings. The molecule has 3 heterocycles. The Balaban J connectivity index is 1.40. The highest BCUT2D eigenvalue weighted by Crippen LogP contribution is 2.22. The van der Waals surface area contributed by atoms with Crippen LogP contribution in [0.5, 0.6) is 0 Å². The summed E-state index contributed by atoms with van der Waals surface area (Å²) < 4.78 is 0. The summed E-state index contributed by atoms with van der Waals surface area (Å²) in [4.78, 5) is 17.9. The first-order valence-electron chi connectivity index (χ1n) is 9.95. The Morgan fingerprint density at radius 1 is 0.966 bits per heavy atom. The van der Waals surface area contributed by atoms with E-state index in [9.17, 15) is 0 Å². The van der Waals surface area contributed by atoms with Crippen LogP contribution in [0.2, 0.25) is 0 Å². The minimum absolute atomic E-state index is 0.670. The van der Waals surface area contributed by atoms with Crippen molar-refractivity contribution < 1.29 is 0 Å². The smallest absolute Gasteiger partial charge is 0.136 e. The number of hydrogen-bond acceptors (Lipinski definition) is 7. The Labute approximate surface area is 171 Å². The van der Waals surface area contributed by atoms with Gasteiger partial charge in [-0.25, -0.2) is 9.97 Å². The van der Waals surface area contributed by atoms with Gasteiger partial charge in [0.1, 0.15) is 17.5 Å². The van der Waals surface area contributed by atoms with Crippen LogP contribution in [0.15, 0.2) is 54.9 Å². The lowest BCUT2D eigenvalue weighted by Gasteiger charge is -2.34. The van der Waals surface area contributed by atoms with Gasteiger partial charge in [-0.15, -0.1) is 0 Å². The first-order valence-corrected chi connectivity index (χ1v) is 9.95. The first kappa shape index (κ1) is 19.1. The molecule has 2 N–H and O–H groups in total. The number of nitrogens with zero attached hydrogens (tertiary/aromatic N) is 5. The van der Waals surface area contributed by atoms with Gasteiger partial charge in [-0.05, 0) is 49.9 Å². The first-order chi connectivity index (χ1) is 14.2. The standard InChI is InChI=1S/C22H27N7/c1-17-25-21(24-16-18-4-3-9-23-15-18)14-22(26-17)27-19-5-7-20(8-6-19)29-12-10-28(2)11-13-29/h3-9,14-15H,10-13,16H2,1-2H3,(H2,24,25,26,27). The molecule has 0 aliphatic carbocycles. The Hall–Kier alpha value is -3.19. The molecule has 0 atom stereocenters. The molecule has 29 heavy (non-hydrogen) atoms. The lowest BCUT2D eigenvalue weighted by atomic mass is 10.2. The number of aromatic nitrogens is 3. The van der Waals surface area contributed by atoms with Gasteiger partial charge in [0.2, 0.25) is 0 Å². The molecule has 0 amide bonds. The zero-order valence-electron chi connectivity index (χ0n) is 17.0. The van der Waals surface area contributed by atoms with Crippen molar-refractivity contribution in [1.82, 2.24) is 19.9 Å². The molecular formula is C22H27N7. The van der Waals surface area contributed by atoms with Crippen LogP contribution in [-0.2, 0) is 6.54 Å². The van der Waals surface area contributed by atoms with Crippen LogP contribution >= 0.6 is 0 Å². The molecule has 1 aliphatic heterocycles. The SMILES string of the molecule is Cc1nc(NCc2cccnc2)cc(Nc2ccc(N3CCN(C)CC3)cc2)n1. The average molecular weight is 390 g/mol. The van der Waals surface area contributed by atoms with Crippen LogP contribution in [0, 0.1) is 6.92 Å². The van der Waals surface area contributed by atoms with Crippen molar-refractivity contribution in [1.29, 1.82) is 0 Å². The van der Waals surface area contributed by atoms with Gasteiger partial charge in [0.05, 0.1) is 0 Å². The number of likely N-dealkylation sites (N-methyl/N-ethyl adjacent to an activating group) is 1. The maximum atomic E-state index is 4.51. The predicted molar refractivity (Wildman–Crippen MR) is 118 cm³/mol. The Morgan fingerprint density at radius 2 is 1.72 bits per heavy atom. The third kappa shape index (κ3) is 5.20. The Bertz CT molecular complexity index is 920. The normalized spacial score (nSPS) is 14.6. The van der Waals surface area contributed by atoms with Crippen molar-refractivity contribution in [2.45, 2.75) is 13.5 Å². The van der Waals surface area contributed by atoms with E-state index < -0.39 is 0 Å². The van der Waals surface area contributed by atoms with Gasteiger partial charge in [-0.1, -0.05) is 6.07 Å². The highest BCUT2D eigenvalue weighted by Gasteiger charge is 2.14. The van der Waals surface area contributed by atoms with E-state index in [-0.39, 0.29) is 0 Å². The van der Waals surface area contributed by atoms with E-state index in [0.29, 0.717) is 6.54 Å². The average Bonchev–Trinajstić information content (AvgIpc) is 2.74. The molecule has 1 aliphatic rings. The second-order valence-corrected chi connectivity index (χ2v) is 7.36. The maximum absolute atomic E-state index is 4.51. The van der Waals surface area contributed by atoms with Gasteiger partial charge in [0.25, 0.3) is 0 Å². The molecule has 7 nitrogen and oxygen atoms in total. The third-order valence-corrected chi connectivity index (χ3v) is 5.04. The van der Waals surface area contributed by atoms with E-state index in [0.717, 1.165) is 54.9 Å². The van der Waals surface area contributed by atoms with Crippen molar-refractivity contribution >= 4 is 23.0 Å². The molecular weight excluding hydrogens is 362 g/mol. The summed E-state index contributed by atoms with van der Waals surface area (Å²) >= 11 is 0. The van der Waals surface area contributed by atoms with E-state index in [2.05, 4.69) is 66.7 Å². The van der Waals surface area contributed by atoms with E-state index in [4.69, 9.17) is 0 Å². The number of rotatable bonds is 6. The van der Waals surface area contributed by atoms with Crippen LogP contribution in [0.4, 0.5) is 23.0 Å². The van der Waals surface area contributed by atoms with Gasteiger partial charge in [0.15, 0.2) is 0 Å². The van der Waals surface area contributed by atoms with Crippen molar-refractivity contribution in [2.75, 3.05) is 48.8 Å². The fourth-order valence-electron chi connectivity index (χ4n) is 3.39. The summed E-state index contributed by atoms with van der Waals surface area (Å²) in [6.45, 7) is 6.92. The summed E-state index contributed by atoms with van der Waals surface area (Å²) in [5, 5.41) is 6.73. The summed E-state index contributed by atoms with van der Waals surface area (Å²) in [6, 6.07) is 14.4. The minimum atomic E-state index is 0.670. The van der Waals surface area contributed by atoms with Gasteiger partial charge < -0.3 is 20.4 Å². The van der Waals surface area contributed by atoms with Gasteiger partial charge in [-0.3, -0.25) is 4.98 Å². The lowest BCUT2D eigenvalue weighted by Crippen LogP contribution is -2.44. The fourth-order valence-corrected chi connectivity index (χ4v) is 3.39. The van der Waals surface area contributed by atoms with Crippen LogP contribution in [0.25, 0.3) is 0 Å². The molecule has 1 fully saturated rings. The summed E-state index contributed by atoms with van der Waals surface area (Å²) in [5.41, 5.74) is 3.39. The number of anilines is 4. The number of hydrogen-bond donors (Lipinski definition) is 2. The molecule has 0 spiro atoms. The maximum Gasteiger partial charge on any atom is 0.136 e. The number of piperazine rings is 1.